The number of nitrogens with one attached hydrogen (secondary N) is 1. The van der Waals surface area contributed by atoms with Crippen molar-refractivity contribution in [2.24, 2.45) is 0 Å². The lowest BCUT2D eigenvalue weighted by atomic mass is 10.0. The van der Waals surface area contributed by atoms with Gasteiger partial charge in [-0.1, -0.05) is 269 Å². The molecule has 0 aromatic heterocycles. The number of quaternary nitrogens is 1. The zero-order valence-corrected chi connectivity index (χ0v) is 47.4. The second-order valence-corrected chi connectivity index (χ2v) is 23.1. The van der Waals surface area contributed by atoms with Crippen LogP contribution in [0.3, 0.4) is 0 Å². The number of amides is 1. The zero-order valence-electron chi connectivity index (χ0n) is 46.5. The third-order valence-electron chi connectivity index (χ3n) is 13.6. The number of aliphatic hydroxyl groups is 1. The van der Waals surface area contributed by atoms with Crippen molar-refractivity contribution < 1.29 is 32.9 Å². The molecular formula is C60H117N2O6P. The number of phosphoric ester groups is 1. The van der Waals surface area contributed by atoms with Gasteiger partial charge in [-0.05, 0) is 51.4 Å². The maximum absolute atomic E-state index is 12.9. The van der Waals surface area contributed by atoms with Crippen molar-refractivity contribution in [2.75, 3.05) is 40.9 Å². The molecule has 0 radical (unpaired) electrons. The number of aliphatic hydroxyl groups excluding tert-OH is 1. The minimum absolute atomic E-state index is 0.00531. The minimum atomic E-state index is -4.59. The first kappa shape index (κ1) is 67.7. The molecule has 0 aliphatic rings. The molecule has 0 aliphatic carbocycles. The average molecular weight is 994 g/mol. The van der Waals surface area contributed by atoms with Crippen LogP contribution in [0.15, 0.2) is 36.5 Å². The summed E-state index contributed by atoms with van der Waals surface area (Å²) in [5.74, 6) is -0.206. The lowest BCUT2D eigenvalue weighted by molar-refractivity contribution is -0.870. The normalized spacial score (nSPS) is 14.1. The quantitative estimate of drug-likeness (QED) is 0.0272. The van der Waals surface area contributed by atoms with E-state index in [1.54, 1.807) is 6.08 Å². The molecule has 0 heterocycles. The van der Waals surface area contributed by atoms with E-state index in [1.807, 2.05) is 27.2 Å². The Kier molecular flexibility index (Phi) is 50.7. The number of hydrogen-bond acceptors (Lipinski definition) is 6. The number of phosphoric acid groups is 1. The summed E-state index contributed by atoms with van der Waals surface area (Å²) in [6.45, 7) is 4.57. The number of likely N-dealkylation sites (N-methyl/N-ethyl adjacent to an activating group) is 1. The van der Waals surface area contributed by atoms with Crippen molar-refractivity contribution >= 4 is 13.7 Å². The van der Waals surface area contributed by atoms with E-state index in [9.17, 15) is 19.4 Å². The van der Waals surface area contributed by atoms with Gasteiger partial charge in [0, 0.05) is 6.42 Å². The van der Waals surface area contributed by atoms with Gasteiger partial charge in [-0.3, -0.25) is 9.36 Å². The number of unbranched alkanes of at least 4 members (excludes halogenated alkanes) is 38. The highest BCUT2D eigenvalue weighted by Crippen LogP contribution is 2.38. The molecule has 1 amide bonds. The molecule has 3 atom stereocenters. The molecule has 69 heavy (non-hydrogen) atoms. The zero-order chi connectivity index (χ0) is 50.6. The smallest absolute Gasteiger partial charge is 0.268 e. The number of allylic oxidation sites excluding steroid dienone is 5. The van der Waals surface area contributed by atoms with Crippen LogP contribution in [0, 0.1) is 0 Å². The molecule has 9 heteroatoms. The van der Waals surface area contributed by atoms with E-state index in [0.29, 0.717) is 17.4 Å². The van der Waals surface area contributed by atoms with Crippen LogP contribution in [0.2, 0.25) is 0 Å². The second-order valence-electron chi connectivity index (χ2n) is 21.7. The molecule has 0 bridgehead atoms. The SMILES string of the molecule is CCCC/C=C/CC/C=C/C(O)C(COP(=O)([O-])OCC[N+](C)(C)C)NC(=O)CCCCCCCCCCCCCCCCCCCCCCCCCCCCC/C=C\CCCCCCCCCC. The highest BCUT2D eigenvalue weighted by atomic mass is 31.2. The number of carbonyl (C=O) groups is 1. The van der Waals surface area contributed by atoms with Gasteiger partial charge >= 0.3 is 0 Å². The Morgan fingerprint density at radius 2 is 0.826 bits per heavy atom. The maximum Gasteiger partial charge on any atom is 0.268 e. The van der Waals surface area contributed by atoms with Crippen LogP contribution in [0.1, 0.15) is 290 Å². The standard InChI is InChI=1S/C60H117N2O6P/c1-6-8-10-12-14-16-17-18-19-20-21-22-23-24-25-26-27-28-29-30-31-32-33-34-35-36-37-38-39-40-41-42-43-44-45-46-48-50-52-54-60(64)61-58(57-68-69(65,66)67-56-55-62(3,4)5)59(63)53-51-49-47-15-13-11-9-7-2/h13,15,20-21,51,53,58-59,63H,6-12,14,16-19,22-50,52,54-57H2,1-5H3,(H-,61,64,65,66)/b15-13+,21-20-,53-51+. The first-order chi connectivity index (χ1) is 33.5. The molecule has 408 valence electrons. The Labute approximate surface area is 429 Å². The lowest BCUT2D eigenvalue weighted by Gasteiger charge is -2.29. The van der Waals surface area contributed by atoms with Gasteiger partial charge in [-0.15, -0.1) is 0 Å². The molecule has 0 saturated heterocycles. The minimum Gasteiger partial charge on any atom is -0.756 e. The summed E-state index contributed by atoms with van der Waals surface area (Å²) in [6, 6.07) is -0.898. The fourth-order valence-corrected chi connectivity index (χ4v) is 9.58. The maximum atomic E-state index is 12.9. The Morgan fingerprint density at radius 3 is 1.22 bits per heavy atom. The van der Waals surface area contributed by atoms with Gasteiger partial charge in [0.25, 0.3) is 7.82 Å². The summed E-state index contributed by atoms with van der Waals surface area (Å²) in [5, 5.41) is 13.7. The number of hydrogen-bond donors (Lipinski definition) is 2. The molecule has 0 fully saturated rings. The highest BCUT2D eigenvalue weighted by Gasteiger charge is 2.23. The monoisotopic (exact) mass is 993 g/mol. The van der Waals surface area contributed by atoms with E-state index in [1.165, 1.54) is 231 Å². The van der Waals surface area contributed by atoms with Crippen LogP contribution in [-0.4, -0.2) is 68.5 Å². The Balaban J connectivity index is 3.75. The van der Waals surface area contributed by atoms with Gasteiger partial charge in [0.1, 0.15) is 13.2 Å². The predicted octanol–water partition coefficient (Wildman–Crippen LogP) is 17.5. The third-order valence-corrected chi connectivity index (χ3v) is 14.5. The fourth-order valence-electron chi connectivity index (χ4n) is 8.86. The molecule has 2 N–H and O–H groups in total. The predicted molar refractivity (Wildman–Crippen MR) is 298 cm³/mol. The summed E-state index contributed by atoms with van der Waals surface area (Å²) in [7, 11) is 1.25. The van der Waals surface area contributed by atoms with Crippen LogP contribution in [0.4, 0.5) is 0 Å². The molecule has 0 spiro atoms. The first-order valence-electron chi connectivity index (χ1n) is 29.9. The van der Waals surface area contributed by atoms with Gasteiger partial charge < -0.3 is 28.8 Å². The van der Waals surface area contributed by atoms with Gasteiger partial charge in [0.2, 0.25) is 5.91 Å². The number of nitrogens with zero attached hydrogens (tertiary/aromatic N) is 1. The van der Waals surface area contributed by atoms with Crippen molar-refractivity contribution in [2.45, 2.75) is 302 Å². The van der Waals surface area contributed by atoms with Gasteiger partial charge in [-0.25, -0.2) is 0 Å². The van der Waals surface area contributed by atoms with Crippen LogP contribution in [-0.2, 0) is 18.4 Å². The Hall–Kier alpha value is -1.28. The van der Waals surface area contributed by atoms with E-state index in [4.69, 9.17) is 9.05 Å². The van der Waals surface area contributed by atoms with E-state index in [0.717, 1.165) is 38.5 Å². The van der Waals surface area contributed by atoms with E-state index >= 15 is 0 Å². The molecule has 0 aromatic rings. The van der Waals surface area contributed by atoms with Crippen molar-refractivity contribution in [3.8, 4) is 0 Å². The second kappa shape index (κ2) is 51.6. The van der Waals surface area contributed by atoms with Crippen LogP contribution < -0.4 is 10.2 Å². The van der Waals surface area contributed by atoms with Gasteiger partial charge in [0.05, 0.1) is 39.9 Å². The van der Waals surface area contributed by atoms with Crippen molar-refractivity contribution in [1.29, 1.82) is 0 Å². The van der Waals surface area contributed by atoms with Crippen LogP contribution in [0.25, 0.3) is 0 Å². The molecular weight excluding hydrogens is 876 g/mol. The molecule has 0 saturated carbocycles. The van der Waals surface area contributed by atoms with Crippen LogP contribution in [0.5, 0.6) is 0 Å². The summed E-state index contributed by atoms with van der Waals surface area (Å²) >= 11 is 0. The lowest BCUT2D eigenvalue weighted by Crippen LogP contribution is -2.45. The number of rotatable bonds is 55. The highest BCUT2D eigenvalue weighted by molar-refractivity contribution is 7.45. The van der Waals surface area contributed by atoms with Gasteiger partial charge in [0.15, 0.2) is 0 Å². The van der Waals surface area contributed by atoms with E-state index in [2.05, 4.69) is 43.5 Å². The topological polar surface area (TPSA) is 108 Å². The van der Waals surface area contributed by atoms with Crippen molar-refractivity contribution in [1.82, 2.24) is 5.32 Å². The van der Waals surface area contributed by atoms with E-state index < -0.39 is 26.6 Å². The summed E-state index contributed by atoms with van der Waals surface area (Å²) in [4.78, 5) is 25.3. The summed E-state index contributed by atoms with van der Waals surface area (Å²) in [6.07, 6.45) is 67.3. The average Bonchev–Trinajstić information content (AvgIpc) is 3.31. The molecule has 8 nitrogen and oxygen atoms in total. The van der Waals surface area contributed by atoms with E-state index in [-0.39, 0.29) is 12.5 Å². The summed E-state index contributed by atoms with van der Waals surface area (Å²) < 4.78 is 23.2. The molecule has 3 unspecified atom stereocenters. The first-order valence-corrected chi connectivity index (χ1v) is 31.3. The van der Waals surface area contributed by atoms with Crippen molar-refractivity contribution in [3.63, 3.8) is 0 Å². The summed E-state index contributed by atoms with van der Waals surface area (Å²) in [5.41, 5.74) is 0. The molecule has 0 aromatic carbocycles. The fraction of sp³-hybridized carbons (Fsp3) is 0.883. The molecule has 0 rings (SSSR count). The Bertz CT molecular complexity index is 1220. The van der Waals surface area contributed by atoms with Crippen LogP contribution >= 0.6 is 7.82 Å². The Morgan fingerprint density at radius 1 is 0.493 bits per heavy atom. The largest absolute Gasteiger partial charge is 0.756 e. The van der Waals surface area contributed by atoms with Crippen molar-refractivity contribution in [3.05, 3.63) is 36.5 Å². The third kappa shape index (κ3) is 54.3. The number of carbonyl (C=O) groups excluding carboxylic acids is 1. The van der Waals surface area contributed by atoms with Gasteiger partial charge in [-0.2, -0.15) is 0 Å². The molecule has 0 aliphatic heterocycles.